The van der Waals surface area contributed by atoms with Crippen LogP contribution in [0.4, 0.5) is 4.79 Å². The number of rotatable bonds is 5. The molecule has 0 atom stereocenters. The van der Waals surface area contributed by atoms with Crippen molar-refractivity contribution >= 4 is 23.0 Å². The van der Waals surface area contributed by atoms with Crippen LogP contribution in [0.15, 0.2) is 23.1 Å². The van der Waals surface area contributed by atoms with Gasteiger partial charge in [0.2, 0.25) is 12.2 Å². The van der Waals surface area contributed by atoms with Gasteiger partial charge in [-0.2, -0.15) is 0 Å². The smallest absolute Gasteiger partial charge is 0.407 e. The van der Waals surface area contributed by atoms with Crippen molar-refractivity contribution in [3.8, 4) is 11.5 Å². The molecule has 1 aromatic heterocycles. The maximum Gasteiger partial charge on any atom is 0.407 e. The number of ether oxygens (including phenoxy) is 4. The Balaban J connectivity index is 1.94. The minimum absolute atomic E-state index is 0.0603. The molecular weight excluding hydrogens is 380 g/mol. The Kier molecular flexibility index (Phi) is 5.67. The molecule has 9 nitrogen and oxygen atoms in total. The fraction of sp³-hybridized carbons (Fsp3) is 0.450. The van der Waals surface area contributed by atoms with Crippen molar-refractivity contribution in [1.82, 2.24) is 9.88 Å². The molecule has 1 aromatic carbocycles. The lowest BCUT2D eigenvalue weighted by Gasteiger charge is -2.20. The number of benzene rings is 1. The molecule has 0 unspecified atom stereocenters. The molecule has 0 saturated heterocycles. The number of esters is 1. The van der Waals surface area contributed by atoms with Gasteiger partial charge in [0.1, 0.15) is 11.2 Å². The molecule has 1 amide bonds. The van der Waals surface area contributed by atoms with Gasteiger partial charge in [0.15, 0.2) is 11.5 Å². The van der Waals surface area contributed by atoms with Gasteiger partial charge in [-0.3, -0.25) is 4.79 Å². The molecule has 0 spiro atoms. The van der Waals surface area contributed by atoms with Gasteiger partial charge < -0.3 is 28.8 Å². The molecule has 0 fully saturated rings. The first kappa shape index (κ1) is 20.5. The number of hydrogen-bond acceptors (Lipinski definition) is 7. The fourth-order valence-corrected chi connectivity index (χ4v) is 2.91. The topological polar surface area (TPSA) is 105 Å². The van der Waals surface area contributed by atoms with Crippen LogP contribution in [0, 0.1) is 0 Å². The number of pyridine rings is 1. The number of amides is 1. The van der Waals surface area contributed by atoms with Gasteiger partial charge in [-0.25, -0.2) is 9.59 Å². The summed E-state index contributed by atoms with van der Waals surface area (Å²) in [6.07, 6.45) is 0.882. The van der Waals surface area contributed by atoms with E-state index in [0.717, 1.165) is 0 Å². The van der Waals surface area contributed by atoms with Crippen LogP contribution < -0.4 is 20.2 Å². The van der Waals surface area contributed by atoms with Crippen LogP contribution >= 0.6 is 0 Å². The number of nitrogens with one attached hydrogen (secondary N) is 1. The van der Waals surface area contributed by atoms with E-state index in [1.54, 1.807) is 44.4 Å². The molecule has 0 aliphatic carbocycles. The van der Waals surface area contributed by atoms with Crippen LogP contribution in [0.25, 0.3) is 10.9 Å². The molecule has 1 aliphatic heterocycles. The number of aromatic nitrogens is 1. The zero-order chi connectivity index (χ0) is 21.2. The summed E-state index contributed by atoms with van der Waals surface area (Å²) in [6.45, 7) is 7.72. The Labute approximate surface area is 167 Å². The van der Waals surface area contributed by atoms with Gasteiger partial charge in [0, 0.05) is 25.4 Å². The third-order valence-corrected chi connectivity index (χ3v) is 4.09. The molecule has 0 radical (unpaired) electrons. The number of alkyl carbamates (subject to hydrolysis) is 1. The quantitative estimate of drug-likeness (QED) is 0.763. The predicted molar refractivity (Wildman–Crippen MR) is 105 cm³/mol. The first-order valence-electron chi connectivity index (χ1n) is 9.30. The van der Waals surface area contributed by atoms with E-state index >= 15 is 0 Å². The van der Waals surface area contributed by atoms with Crippen molar-refractivity contribution in [2.24, 2.45) is 0 Å². The Bertz CT molecular complexity index is 1000. The van der Waals surface area contributed by atoms with Gasteiger partial charge in [0.05, 0.1) is 17.5 Å². The first-order valence-corrected chi connectivity index (χ1v) is 9.30. The molecule has 0 saturated carbocycles. The van der Waals surface area contributed by atoms with Crippen LogP contribution in [-0.4, -0.2) is 42.2 Å². The summed E-state index contributed by atoms with van der Waals surface area (Å²) in [6, 6.07) is 3.24. The van der Waals surface area contributed by atoms with Crippen molar-refractivity contribution in [3.05, 3.63) is 34.1 Å². The van der Waals surface area contributed by atoms with Crippen molar-refractivity contribution in [2.45, 2.75) is 39.8 Å². The van der Waals surface area contributed by atoms with Gasteiger partial charge >= 0.3 is 12.1 Å². The second-order valence-electron chi connectivity index (χ2n) is 7.44. The number of carbonyl (C=O) groups excluding carboxylic acids is 2. The van der Waals surface area contributed by atoms with Crippen LogP contribution in [0.2, 0.25) is 0 Å². The third-order valence-electron chi connectivity index (χ3n) is 4.09. The lowest BCUT2D eigenvalue weighted by molar-refractivity contribution is 0.0511. The molecule has 2 aromatic rings. The Morgan fingerprint density at radius 3 is 2.55 bits per heavy atom. The van der Waals surface area contributed by atoms with E-state index in [1.165, 1.54) is 6.20 Å². The summed E-state index contributed by atoms with van der Waals surface area (Å²) in [5.74, 6) is 0.245. The largest absolute Gasteiger partial charge is 0.462 e. The molecule has 1 aliphatic rings. The first-order chi connectivity index (χ1) is 13.7. The van der Waals surface area contributed by atoms with Crippen molar-refractivity contribution in [3.63, 3.8) is 0 Å². The Morgan fingerprint density at radius 2 is 1.90 bits per heavy atom. The highest BCUT2D eigenvalue weighted by Gasteiger charge is 2.22. The minimum Gasteiger partial charge on any atom is -0.462 e. The van der Waals surface area contributed by atoms with Crippen LogP contribution in [0.3, 0.4) is 0 Å². The van der Waals surface area contributed by atoms with Crippen molar-refractivity contribution in [1.29, 1.82) is 0 Å². The van der Waals surface area contributed by atoms with Crippen molar-refractivity contribution in [2.75, 3.05) is 19.9 Å². The zero-order valence-corrected chi connectivity index (χ0v) is 16.9. The lowest BCUT2D eigenvalue weighted by Crippen LogP contribution is -2.34. The predicted octanol–water partition coefficient (Wildman–Crippen LogP) is 2.43. The molecule has 3 rings (SSSR count). The minimum atomic E-state index is -0.703. The Hall–Kier alpha value is -3.23. The summed E-state index contributed by atoms with van der Waals surface area (Å²) in [4.78, 5) is 37.0. The van der Waals surface area contributed by atoms with E-state index in [2.05, 4.69) is 5.32 Å². The van der Waals surface area contributed by atoms with Crippen LogP contribution in [0.1, 0.15) is 38.1 Å². The van der Waals surface area contributed by atoms with E-state index in [4.69, 9.17) is 18.9 Å². The second kappa shape index (κ2) is 8.02. The second-order valence-corrected chi connectivity index (χ2v) is 7.44. The maximum absolute atomic E-state index is 12.8. The van der Waals surface area contributed by atoms with E-state index in [9.17, 15) is 14.4 Å². The lowest BCUT2D eigenvalue weighted by atomic mass is 10.1. The zero-order valence-electron chi connectivity index (χ0n) is 16.9. The molecule has 1 N–H and O–H groups in total. The van der Waals surface area contributed by atoms with E-state index in [1.807, 2.05) is 0 Å². The van der Waals surface area contributed by atoms with Crippen LogP contribution in [-0.2, 0) is 16.0 Å². The van der Waals surface area contributed by atoms with Crippen molar-refractivity contribution < 1.29 is 28.5 Å². The average molecular weight is 404 g/mol. The summed E-state index contributed by atoms with van der Waals surface area (Å²) in [7, 11) is 0. The summed E-state index contributed by atoms with van der Waals surface area (Å²) >= 11 is 0. The normalized spacial score (nSPS) is 12.7. The monoisotopic (exact) mass is 404 g/mol. The average Bonchev–Trinajstić information content (AvgIpc) is 3.08. The standard InChI is InChI=1S/C20H24N2O7/c1-5-26-18(24)13-10-22(7-6-21-19(25)29-20(2,3)4)14-9-16-15(27-11-28-16)8-12(14)17(13)23/h8-10H,5-7,11H2,1-4H3,(H,21,25). The third kappa shape index (κ3) is 4.61. The van der Waals surface area contributed by atoms with Gasteiger partial charge in [-0.1, -0.05) is 0 Å². The Morgan fingerprint density at radius 1 is 1.21 bits per heavy atom. The number of hydrogen-bond donors (Lipinski definition) is 1. The summed E-state index contributed by atoms with van der Waals surface area (Å²) in [5.41, 5.74) is -0.592. The van der Waals surface area contributed by atoms with Gasteiger partial charge in [-0.15, -0.1) is 0 Å². The number of nitrogens with zero attached hydrogens (tertiary/aromatic N) is 1. The molecule has 2 heterocycles. The van der Waals surface area contributed by atoms with E-state index in [0.29, 0.717) is 28.9 Å². The van der Waals surface area contributed by atoms with E-state index < -0.39 is 23.1 Å². The molecule has 9 heteroatoms. The summed E-state index contributed by atoms with van der Waals surface area (Å²) in [5, 5.41) is 2.96. The molecular formula is C20H24N2O7. The van der Waals surface area contributed by atoms with Gasteiger partial charge in [-0.05, 0) is 33.8 Å². The van der Waals surface area contributed by atoms with E-state index in [-0.39, 0.29) is 25.5 Å². The molecule has 156 valence electrons. The maximum atomic E-state index is 12.8. The molecule has 29 heavy (non-hydrogen) atoms. The molecule has 0 bridgehead atoms. The highest BCUT2D eigenvalue weighted by Crippen LogP contribution is 2.35. The van der Waals surface area contributed by atoms with Crippen LogP contribution in [0.5, 0.6) is 11.5 Å². The van der Waals surface area contributed by atoms with Gasteiger partial charge in [0.25, 0.3) is 0 Å². The highest BCUT2D eigenvalue weighted by atomic mass is 16.7. The number of carbonyl (C=O) groups is 2. The number of fused-ring (bicyclic) bond motifs is 2. The SMILES string of the molecule is CCOC(=O)c1cn(CCNC(=O)OC(C)(C)C)c2cc3c(cc2c1=O)OCO3. The fourth-order valence-electron chi connectivity index (χ4n) is 2.91. The highest BCUT2D eigenvalue weighted by molar-refractivity contribution is 5.94. The summed E-state index contributed by atoms with van der Waals surface area (Å²) < 4.78 is 22.7.